The maximum Gasteiger partial charge on any atom is 0.222 e. The first kappa shape index (κ1) is 19.0. The lowest BCUT2D eigenvalue weighted by Crippen LogP contribution is -2.55. The predicted molar refractivity (Wildman–Crippen MR) is 112 cm³/mol. The van der Waals surface area contributed by atoms with Gasteiger partial charge in [-0.2, -0.15) is 0 Å². The number of carbonyl (C=O) groups excluding carboxylic acids is 1. The van der Waals surface area contributed by atoms with Gasteiger partial charge in [-0.25, -0.2) is 0 Å². The van der Waals surface area contributed by atoms with Crippen LogP contribution in [0.2, 0.25) is 0 Å². The molecule has 0 bridgehead atoms. The topological polar surface area (TPSA) is 41.6 Å². The van der Waals surface area contributed by atoms with Crippen molar-refractivity contribution in [1.82, 2.24) is 10.2 Å². The smallest absolute Gasteiger partial charge is 0.222 e. The monoisotopic (exact) mass is 378 g/mol. The quantitative estimate of drug-likeness (QED) is 0.884. The molecule has 2 aliphatic rings. The molecule has 2 aromatic rings. The fourth-order valence-electron chi connectivity index (χ4n) is 4.78. The highest BCUT2D eigenvalue weighted by atomic mass is 16.5. The van der Waals surface area contributed by atoms with E-state index in [0.29, 0.717) is 6.42 Å². The Morgan fingerprint density at radius 2 is 1.96 bits per heavy atom. The summed E-state index contributed by atoms with van der Waals surface area (Å²) in [6, 6.07) is 14.8. The summed E-state index contributed by atoms with van der Waals surface area (Å²) >= 11 is 0. The number of hydrogen-bond donors (Lipinski definition) is 1. The van der Waals surface area contributed by atoms with E-state index in [1.54, 1.807) is 7.11 Å². The summed E-state index contributed by atoms with van der Waals surface area (Å²) < 4.78 is 5.40. The van der Waals surface area contributed by atoms with E-state index in [1.807, 2.05) is 0 Å². The second-order valence-corrected chi connectivity index (χ2v) is 8.09. The third kappa shape index (κ3) is 3.66. The zero-order chi connectivity index (χ0) is 19.6. The van der Waals surface area contributed by atoms with Crippen LogP contribution in [0.5, 0.6) is 5.75 Å². The zero-order valence-corrected chi connectivity index (χ0v) is 17.0. The third-order valence-electron chi connectivity index (χ3n) is 6.52. The minimum Gasteiger partial charge on any atom is -0.497 e. The van der Waals surface area contributed by atoms with Gasteiger partial charge in [0.05, 0.1) is 7.11 Å². The van der Waals surface area contributed by atoms with Crippen molar-refractivity contribution in [3.05, 3.63) is 64.7 Å². The first-order valence-electron chi connectivity index (χ1n) is 10.4. The van der Waals surface area contributed by atoms with Crippen LogP contribution in [0.25, 0.3) is 0 Å². The zero-order valence-electron chi connectivity index (χ0n) is 17.0. The van der Waals surface area contributed by atoms with Crippen LogP contribution in [0.4, 0.5) is 0 Å². The normalized spacial score (nSPS) is 18.0. The molecule has 1 spiro atoms. The van der Waals surface area contributed by atoms with Gasteiger partial charge in [-0.15, -0.1) is 0 Å². The van der Waals surface area contributed by atoms with Crippen LogP contribution in [0.1, 0.15) is 41.5 Å². The molecule has 2 aliphatic heterocycles. The molecule has 0 radical (unpaired) electrons. The average Bonchev–Trinajstić information content (AvgIpc) is 2.73. The molecule has 148 valence electrons. The fraction of sp³-hybridized carbons (Fsp3) is 0.458. The van der Waals surface area contributed by atoms with E-state index in [0.717, 1.165) is 51.1 Å². The summed E-state index contributed by atoms with van der Waals surface area (Å²) in [6.07, 6.45) is 4.41. The van der Waals surface area contributed by atoms with E-state index < -0.39 is 0 Å². The van der Waals surface area contributed by atoms with E-state index in [9.17, 15) is 4.79 Å². The first-order valence-corrected chi connectivity index (χ1v) is 10.4. The number of amides is 1. The highest BCUT2D eigenvalue weighted by Crippen LogP contribution is 2.38. The number of likely N-dealkylation sites (tertiary alicyclic amines) is 1. The van der Waals surface area contributed by atoms with Crippen molar-refractivity contribution in [2.75, 3.05) is 26.7 Å². The number of benzene rings is 2. The molecule has 1 amide bonds. The first-order chi connectivity index (χ1) is 13.6. The molecule has 0 unspecified atom stereocenters. The van der Waals surface area contributed by atoms with Crippen LogP contribution < -0.4 is 10.1 Å². The maximum atomic E-state index is 12.8. The molecule has 0 atom stereocenters. The Balaban J connectivity index is 1.40. The van der Waals surface area contributed by atoms with Gasteiger partial charge in [-0.05, 0) is 67.0 Å². The van der Waals surface area contributed by atoms with Gasteiger partial charge in [0, 0.05) is 31.6 Å². The number of carbonyl (C=O) groups is 1. The lowest BCUT2D eigenvalue weighted by atomic mass is 9.75. The van der Waals surface area contributed by atoms with Crippen LogP contribution in [-0.4, -0.2) is 37.6 Å². The van der Waals surface area contributed by atoms with E-state index in [1.165, 1.54) is 22.3 Å². The summed E-state index contributed by atoms with van der Waals surface area (Å²) in [5, 5.41) is 3.77. The minimum absolute atomic E-state index is 0.00660. The summed E-state index contributed by atoms with van der Waals surface area (Å²) in [5.74, 6) is 1.21. The molecular formula is C24H30N2O2. The van der Waals surface area contributed by atoms with E-state index in [-0.39, 0.29) is 11.4 Å². The molecule has 0 aromatic heterocycles. The van der Waals surface area contributed by atoms with Crippen molar-refractivity contribution >= 4 is 5.91 Å². The highest BCUT2D eigenvalue weighted by molar-refractivity contribution is 5.76. The Morgan fingerprint density at radius 1 is 1.18 bits per heavy atom. The Labute approximate surface area is 167 Å². The van der Waals surface area contributed by atoms with Gasteiger partial charge in [0.15, 0.2) is 0 Å². The lowest BCUT2D eigenvalue weighted by Gasteiger charge is -2.46. The van der Waals surface area contributed by atoms with Crippen molar-refractivity contribution in [3.63, 3.8) is 0 Å². The molecule has 2 aromatic carbocycles. The number of ether oxygens (including phenoxy) is 1. The summed E-state index contributed by atoms with van der Waals surface area (Å²) in [7, 11) is 1.72. The second-order valence-electron chi connectivity index (χ2n) is 8.09. The van der Waals surface area contributed by atoms with Crippen molar-refractivity contribution in [2.45, 2.75) is 44.6 Å². The molecule has 0 aliphatic carbocycles. The van der Waals surface area contributed by atoms with Gasteiger partial charge in [-0.3, -0.25) is 4.79 Å². The van der Waals surface area contributed by atoms with Crippen molar-refractivity contribution in [3.8, 4) is 5.75 Å². The van der Waals surface area contributed by atoms with Gasteiger partial charge in [0.2, 0.25) is 5.91 Å². The minimum atomic E-state index is 0.00660. The van der Waals surface area contributed by atoms with Gasteiger partial charge >= 0.3 is 0 Å². The average molecular weight is 379 g/mol. The number of nitrogens with one attached hydrogen (secondary N) is 1. The maximum absolute atomic E-state index is 12.8. The van der Waals surface area contributed by atoms with Crippen LogP contribution in [0.3, 0.4) is 0 Å². The van der Waals surface area contributed by atoms with Gasteiger partial charge in [-0.1, -0.05) is 30.3 Å². The third-order valence-corrected chi connectivity index (χ3v) is 6.52. The molecule has 2 heterocycles. The molecule has 4 heteroatoms. The molecule has 4 rings (SSSR count). The van der Waals surface area contributed by atoms with Gasteiger partial charge < -0.3 is 15.0 Å². The molecule has 1 fully saturated rings. The van der Waals surface area contributed by atoms with Gasteiger partial charge in [0.1, 0.15) is 5.75 Å². The number of rotatable bonds is 4. The second kappa shape index (κ2) is 7.96. The van der Waals surface area contributed by atoms with E-state index in [2.05, 4.69) is 59.6 Å². The van der Waals surface area contributed by atoms with Gasteiger partial charge in [0.25, 0.3) is 0 Å². The Bertz CT molecular complexity index is 853. The standard InChI is InChI=1S/C24H30N2O2/c1-18-5-3-4-6-19(18)7-10-23(27)26-15-12-24(13-16-26)22-9-8-21(28-2)17-20(22)11-14-25-24/h3-6,8-9,17,25H,7,10-16H2,1-2H3. The van der Waals surface area contributed by atoms with E-state index >= 15 is 0 Å². The Hall–Kier alpha value is -2.33. The molecule has 28 heavy (non-hydrogen) atoms. The van der Waals surface area contributed by atoms with Crippen molar-refractivity contribution in [2.24, 2.45) is 0 Å². The lowest BCUT2D eigenvalue weighted by molar-refractivity contribution is -0.133. The highest BCUT2D eigenvalue weighted by Gasteiger charge is 2.40. The van der Waals surface area contributed by atoms with Crippen LogP contribution >= 0.6 is 0 Å². The summed E-state index contributed by atoms with van der Waals surface area (Å²) in [4.78, 5) is 14.8. The molecule has 4 nitrogen and oxygen atoms in total. The fourth-order valence-corrected chi connectivity index (χ4v) is 4.78. The largest absolute Gasteiger partial charge is 0.497 e. The number of piperidine rings is 1. The Kier molecular flexibility index (Phi) is 5.40. The molecule has 1 N–H and O–H groups in total. The number of nitrogens with zero attached hydrogens (tertiary/aromatic N) is 1. The Morgan fingerprint density at radius 3 is 2.71 bits per heavy atom. The number of hydrogen-bond acceptors (Lipinski definition) is 3. The number of aryl methyl sites for hydroxylation is 2. The molecular weight excluding hydrogens is 348 g/mol. The van der Waals surface area contributed by atoms with E-state index in [4.69, 9.17) is 4.74 Å². The van der Waals surface area contributed by atoms with Crippen LogP contribution in [0, 0.1) is 6.92 Å². The number of fused-ring (bicyclic) bond motifs is 2. The summed E-state index contributed by atoms with van der Waals surface area (Å²) in [6.45, 7) is 4.75. The molecule has 1 saturated heterocycles. The predicted octanol–water partition coefficient (Wildman–Crippen LogP) is 3.60. The summed E-state index contributed by atoms with van der Waals surface area (Å²) in [5.41, 5.74) is 5.34. The van der Waals surface area contributed by atoms with Crippen molar-refractivity contribution in [1.29, 1.82) is 0 Å². The van der Waals surface area contributed by atoms with Crippen LogP contribution in [0.15, 0.2) is 42.5 Å². The van der Waals surface area contributed by atoms with Crippen molar-refractivity contribution < 1.29 is 9.53 Å². The SMILES string of the molecule is COc1ccc2c(c1)CCNC21CCN(C(=O)CCc2ccccc2C)CC1. The van der Waals surface area contributed by atoms with Crippen LogP contribution in [-0.2, 0) is 23.2 Å². The molecule has 0 saturated carbocycles. The number of methoxy groups -OCH3 is 1.